The fraction of sp³-hybridized carbons (Fsp3) is 0.552. The lowest BCUT2D eigenvalue weighted by Gasteiger charge is -2.39. The normalized spacial score (nSPS) is 19.8. The summed E-state index contributed by atoms with van der Waals surface area (Å²) < 4.78 is 4.96. The van der Waals surface area contributed by atoms with E-state index >= 15 is 0 Å². The monoisotopic (exact) mass is 553 g/mol. The molecule has 2 saturated heterocycles. The first-order valence-electron chi connectivity index (χ1n) is 13.8. The fourth-order valence-electron chi connectivity index (χ4n) is 5.80. The molecule has 3 unspecified atom stereocenters. The maximum Gasteiger partial charge on any atom is 0.328 e. The summed E-state index contributed by atoms with van der Waals surface area (Å²) in [6.45, 7) is 6.53. The van der Waals surface area contributed by atoms with Gasteiger partial charge in [0.1, 0.15) is 17.8 Å². The second-order valence-corrected chi connectivity index (χ2v) is 11.4. The lowest BCUT2D eigenvalue weighted by Crippen LogP contribution is -2.53. The lowest BCUT2D eigenvalue weighted by atomic mass is 9.82. The highest BCUT2D eigenvalue weighted by Crippen LogP contribution is 2.36. The topological polar surface area (TPSA) is 150 Å². The molecule has 2 aliphatic heterocycles. The summed E-state index contributed by atoms with van der Waals surface area (Å²) in [4.78, 5) is 68.7. The van der Waals surface area contributed by atoms with Crippen molar-refractivity contribution in [3.63, 3.8) is 0 Å². The molecule has 2 aromatic rings. The molecule has 0 saturated carbocycles. The predicted molar refractivity (Wildman–Crippen MR) is 148 cm³/mol. The first kappa shape index (κ1) is 29.1. The average molecular weight is 554 g/mol. The van der Waals surface area contributed by atoms with Crippen LogP contribution < -0.4 is 16.0 Å². The Labute approximate surface area is 233 Å². The summed E-state index contributed by atoms with van der Waals surface area (Å²) in [6.07, 6.45) is 2.21. The van der Waals surface area contributed by atoms with Gasteiger partial charge in [0, 0.05) is 42.4 Å². The second kappa shape index (κ2) is 12.1. The number of piperidine rings is 1. The largest absolute Gasteiger partial charge is 0.467 e. The van der Waals surface area contributed by atoms with E-state index < -0.39 is 41.3 Å². The number of fused-ring (bicyclic) bond motifs is 1. The van der Waals surface area contributed by atoms with Gasteiger partial charge in [-0.25, -0.2) is 4.79 Å². The highest BCUT2D eigenvalue weighted by molar-refractivity contribution is 6.00. The van der Waals surface area contributed by atoms with E-state index in [1.54, 1.807) is 11.0 Å². The molecule has 11 heteroatoms. The van der Waals surface area contributed by atoms with Gasteiger partial charge in [-0.1, -0.05) is 32.0 Å². The van der Waals surface area contributed by atoms with Gasteiger partial charge in [-0.2, -0.15) is 0 Å². The standard InChI is InChI=1S/C29H39N5O6/c1-17(2)13-22(31-27(38)23-14-19-7-5-6-8-21(19)30-23)26(37)32-24(28(39)40-4)15-20-16-29(33-25(20)36)9-11-34(12-10-29)18(3)35/h5-8,14,17,20,22,24,30H,9-13,15-16H2,1-4H3,(H,31,38)(H,32,37)(H,33,36). The molecule has 1 aromatic heterocycles. The Morgan fingerprint density at radius 2 is 1.80 bits per heavy atom. The molecule has 4 amide bonds. The van der Waals surface area contributed by atoms with Crippen molar-refractivity contribution in [2.75, 3.05) is 20.2 Å². The van der Waals surface area contributed by atoms with E-state index in [4.69, 9.17) is 4.74 Å². The summed E-state index contributed by atoms with van der Waals surface area (Å²) in [5.74, 6) is -2.19. The molecule has 4 rings (SSSR count). The fourth-order valence-corrected chi connectivity index (χ4v) is 5.80. The van der Waals surface area contributed by atoms with Crippen LogP contribution in [-0.4, -0.2) is 77.3 Å². The minimum absolute atomic E-state index is 0.0109. The van der Waals surface area contributed by atoms with E-state index in [-0.39, 0.29) is 24.2 Å². The third kappa shape index (κ3) is 6.63. The SMILES string of the molecule is COC(=O)C(CC1CC2(CCN(C(C)=O)CC2)NC1=O)NC(=O)C(CC(C)C)NC(=O)c1cc2ccccc2[nH]1. The second-order valence-electron chi connectivity index (χ2n) is 11.4. The zero-order valence-electron chi connectivity index (χ0n) is 23.5. The van der Waals surface area contributed by atoms with E-state index in [0.29, 0.717) is 44.5 Å². The van der Waals surface area contributed by atoms with Gasteiger partial charge in [0.05, 0.1) is 7.11 Å². The Morgan fingerprint density at radius 1 is 1.10 bits per heavy atom. The van der Waals surface area contributed by atoms with Crippen LogP contribution in [-0.2, 0) is 23.9 Å². The maximum absolute atomic E-state index is 13.4. The number of aromatic amines is 1. The summed E-state index contributed by atoms with van der Waals surface area (Å²) in [5.41, 5.74) is 0.713. The number of likely N-dealkylation sites (tertiary alicyclic amines) is 1. The summed E-state index contributed by atoms with van der Waals surface area (Å²) >= 11 is 0. The number of hydrogen-bond acceptors (Lipinski definition) is 6. The van der Waals surface area contributed by atoms with Crippen molar-refractivity contribution >= 4 is 40.5 Å². The van der Waals surface area contributed by atoms with Gasteiger partial charge in [0.15, 0.2) is 0 Å². The van der Waals surface area contributed by atoms with Gasteiger partial charge in [-0.05, 0) is 50.2 Å². The van der Waals surface area contributed by atoms with Crippen LogP contribution in [0.25, 0.3) is 10.9 Å². The van der Waals surface area contributed by atoms with Crippen LogP contribution in [0.5, 0.6) is 0 Å². The Bertz CT molecular complexity index is 1250. The molecule has 4 N–H and O–H groups in total. The summed E-state index contributed by atoms with van der Waals surface area (Å²) in [5, 5.41) is 9.52. The molecule has 2 fully saturated rings. The van der Waals surface area contributed by atoms with E-state index in [2.05, 4.69) is 20.9 Å². The lowest BCUT2D eigenvalue weighted by molar-refractivity contribution is -0.146. The van der Waals surface area contributed by atoms with Crippen LogP contribution in [0.3, 0.4) is 0 Å². The molecule has 1 aromatic carbocycles. The van der Waals surface area contributed by atoms with Crippen molar-refractivity contribution in [2.45, 2.75) is 70.5 Å². The average Bonchev–Trinajstić information content (AvgIpc) is 3.48. The summed E-state index contributed by atoms with van der Waals surface area (Å²) in [6, 6.07) is 7.26. The van der Waals surface area contributed by atoms with E-state index in [9.17, 15) is 24.0 Å². The van der Waals surface area contributed by atoms with Gasteiger partial charge in [-0.15, -0.1) is 0 Å². The number of nitrogens with zero attached hydrogens (tertiary/aromatic N) is 1. The highest BCUT2D eigenvalue weighted by atomic mass is 16.5. The zero-order chi connectivity index (χ0) is 29.0. The highest BCUT2D eigenvalue weighted by Gasteiger charge is 2.47. The molecular formula is C29H39N5O6. The van der Waals surface area contributed by atoms with Crippen LogP contribution in [0.1, 0.15) is 63.4 Å². The Morgan fingerprint density at radius 3 is 2.42 bits per heavy atom. The maximum atomic E-state index is 13.4. The molecule has 2 aliphatic rings. The van der Waals surface area contributed by atoms with Crippen molar-refractivity contribution in [3.8, 4) is 0 Å². The first-order valence-corrected chi connectivity index (χ1v) is 13.8. The minimum atomic E-state index is -1.06. The predicted octanol–water partition coefficient (Wildman–Crippen LogP) is 1.88. The number of hydrogen-bond donors (Lipinski definition) is 4. The molecule has 0 radical (unpaired) electrons. The number of carbonyl (C=O) groups is 5. The smallest absolute Gasteiger partial charge is 0.328 e. The number of carbonyl (C=O) groups excluding carboxylic acids is 5. The number of H-pyrrole nitrogens is 1. The van der Waals surface area contributed by atoms with E-state index in [1.165, 1.54) is 14.0 Å². The number of benzene rings is 1. The molecule has 0 aliphatic carbocycles. The number of nitrogens with one attached hydrogen (secondary N) is 4. The van der Waals surface area contributed by atoms with Crippen molar-refractivity contribution in [1.29, 1.82) is 0 Å². The van der Waals surface area contributed by atoms with Gasteiger partial charge in [-0.3, -0.25) is 19.2 Å². The van der Waals surface area contributed by atoms with Gasteiger partial charge >= 0.3 is 5.97 Å². The van der Waals surface area contributed by atoms with Crippen LogP contribution in [0.2, 0.25) is 0 Å². The Hall–Kier alpha value is -3.89. The molecular weight excluding hydrogens is 514 g/mol. The van der Waals surface area contributed by atoms with Gasteiger partial charge < -0.3 is 30.6 Å². The van der Waals surface area contributed by atoms with Crippen LogP contribution in [0.4, 0.5) is 0 Å². The molecule has 11 nitrogen and oxygen atoms in total. The van der Waals surface area contributed by atoms with Gasteiger partial charge in [0.2, 0.25) is 17.7 Å². The number of esters is 1. The Kier molecular flexibility index (Phi) is 8.80. The zero-order valence-corrected chi connectivity index (χ0v) is 23.5. The number of aromatic nitrogens is 1. The van der Waals surface area contributed by atoms with Gasteiger partial charge in [0.25, 0.3) is 5.91 Å². The molecule has 40 heavy (non-hydrogen) atoms. The molecule has 1 spiro atoms. The number of rotatable bonds is 9. The van der Waals surface area contributed by atoms with Crippen molar-refractivity contribution in [3.05, 3.63) is 36.0 Å². The Balaban J connectivity index is 1.43. The van der Waals surface area contributed by atoms with Crippen LogP contribution in [0.15, 0.2) is 30.3 Å². The molecule has 3 atom stereocenters. The third-order valence-electron chi connectivity index (χ3n) is 7.99. The minimum Gasteiger partial charge on any atom is -0.467 e. The molecule has 216 valence electrons. The number of ether oxygens (including phenoxy) is 1. The first-order chi connectivity index (χ1) is 19.0. The molecule has 0 bridgehead atoms. The quantitative estimate of drug-likeness (QED) is 0.348. The van der Waals surface area contributed by atoms with E-state index in [0.717, 1.165) is 10.9 Å². The number of methoxy groups -OCH3 is 1. The van der Waals surface area contributed by atoms with Crippen molar-refractivity contribution in [1.82, 2.24) is 25.8 Å². The molecule has 3 heterocycles. The van der Waals surface area contributed by atoms with Crippen molar-refractivity contribution < 1.29 is 28.7 Å². The number of amides is 4. The van der Waals surface area contributed by atoms with Crippen molar-refractivity contribution in [2.24, 2.45) is 11.8 Å². The van der Waals surface area contributed by atoms with Crippen LogP contribution in [0, 0.1) is 11.8 Å². The van der Waals surface area contributed by atoms with E-state index in [1.807, 2.05) is 38.1 Å². The third-order valence-corrected chi connectivity index (χ3v) is 7.99. The number of para-hydroxylation sites is 1. The summed E-state index contributed by atoms with van der Waals surface area (Å²) in [7, 11) is 1.23. The van der Waals surface area contributed by atoms with Crippen LogP contribution >= 0.6 is 0 Å².